The van der Waals surface area contributed by atoms with E-state index in [1.165, 1.54) is 51.4 Å². The Morgan fingerprint density at radius 1 is 1.06 bits per heavy atom. The van der Waals surface area contributed by atoms with Crippen LogP contribution in [0, 0.1) is 5.92 Å². The molecule has 0 saturated heterocycles. The third-order valence-electron chi connectivity index (χ3n) is 4.05. The summed E-state index contributed by atoms with van der Waals surface area (Å²) in [7, 11) is 0. The number of unbranched alkanes of at least 4 members (excludes halogenated alkanes) is 2. The Labute approximate surface area is 107 Å². The van der Waals surface area contributed by atoms with E-state index in [9.17, 15) is 0 Å². The highest BCUT2D eigenvalue weighted by atomic mass is 16.2. The van der Waals surface area contributed by atoms with E-state index in [0.29, 0.717) is 6.61 Å². The Morgan fingerprint density at radius 2 is 1.94 bits per heavy atom. The highest BCUT2D eigenvalue weighted by Gasteiger charge is 2.17. The van der Waals surface area contributed by atoms with E-state index >= 15 is 0 Å². The van der Waals surface area contributed by atoms with Crippen LogP contribution in [0.15, 0.2) is 0 Å². The lowest BCUT2D eigenvalue weighted by Gasteiger charge is -2.16. The normalized spacial score (nSPS) is 25.8. The maximum absolute atomic E-state index is 8.71. The van der Waals surface area contributed by atoms with Gasteiger partial charge in [-0.2, -0.15) is 0 Å². The van der Waals surface area contributed by atoms with Gasteiger partial charge in [-0.25, -0.2) is 0 Å². The van der Waals surface area contributed by atoms with Crippen molar-refractivity contribution < 1.29 is 5.11 Å². The summed E-state index contributed by atoms with van der Waals surface area (Å²) in [6, 6.07) is 0.769. The SMILES string of the molecule is CCCC1CCCC(NCCCCCO)CC1. The molecule has 0 aromatic rings. The fourth-order valence-electron chi connectivity index (χ4n) is 3.00. The smallest absolute Gasteiger partial charge is 0.0431 e. The third-order valence-corrected chi connectivity index (χ3v) is 4.05. The molecule has 0 aromatic heterocycles. The first-order chi connectivity index (χ1) is 8.36. The van der Waals surface area contributed by atoms with Crippen LogP contribution < -0.4 is 5.32 Å². The lowest BCUT2D eigenvalue weighted by Crippen LogP contribution is -2.29. The van der Waals surface area contributed by atoms with E-state index in [4.69, 9.17) is 5.11 Å². The zero-order valence-electron chi connectivity index (χ0n) is 11.6. The fraction of sp³-hybridized carbons (Fsp3) is 1.00. The Morgan fingerprint density at radius 3 is 2.71 bits per heavy atom. The first-order valence-electron chi connectivity index (χ1n) is 7.71. The summed E-state index contributed by atoms with van der Waals surface area (Å²) in [6.07, 6.45) is 13.2. The molecule has 102 valence electrons. The molecular formula is C15H31NO. The van der Waals surface area contributed by atoms with Crippen molar-refractivity contribution in [2.24, 2.45) is 5.92 Å². The summed E-state index contributed by atoms with van der Waals surface area (Å²) in [6.45, 7) is 3.80. The van der Waals surface area contributed by atoms with Crippen LogP contribution in [-0.4, -0.2) is 24.3 Å². The molecule has 0 amide bonds. The van der Waals surface area contributed by atoms with Crippen LogP contribution >= 0.6 is 0 Å². The average molecular weight is 241 g/mol. The number of hydrogen-bond acceptors (Lipinski definition) is 2. The van der Waals surface area contributed by atoms with E-state index in [0.717, 1.165) is 31.3 Å². The first-order valence-corrected chi connectivity index (χ1v) is 7.71. The average Bonchev–Trinajstić information content (AvgIpc) is 2.55. The largest absolute Gasteiger partial charge is 0.396 e. The van der Waals surface area contributed by atoms with Crippen LogP contribution in [0.3, 0.4) is 0 Å². The van der Waals surface area contributed by atoms with Crippen molar-refractivity contribution in [3.63, 3.8) is 0 Å². The van der Waals surface area contributed by atoms with Gasteiger partial charge in [-0.15, -0.1) is 0 Å². The highest BCUT2D eigenvalue weighted by molar-refractivity contribution is 4.74. The van der Waals surface area contributed by atoms with E-state index in [-0.39, 0.29) is 0 Å². The standard InChI is InChI=1S/C15H31NO/c1-2-7-14-8-6-9-15(11-10-14)16-12-4-3-5-13-17/h14-17H,2-13H2,1H3. The van der Waals surface area contributed by atoms with Gasteiger partial charge in [0.2, 0.25) is 0 Å². The molecule has 0 radical (unpaired) electrons. The summed E-state index contributed by atoms with van der Waals surface area (Å²) >= 11 is 0. The number of aliphatic hydroxyl groups excluding tert-OH is 1. The van der Waals surface area contributed by atoms with Crippen molar-refractivity contribution in [1.29, 1.82) is 0 Å². The van der Waals surface area contributed by atoms with E-state index in [1.807, 2.05) is 0 Å². The molecule has 2 unspecified atom stereocenters. The molecule has 0 spiro atoms. The van der Waals surface area contributed by atoms with Crippen LogP contribution in [0.4, 0.5) is 0 Å². The minimum Gasteiger partial charge on any atom is -0.396 e. The molecule has 1 saturated carbocycles. The molecule has 1 aliphatic rings. The predicted molar refractivity (Wildman–Crippen MR) is 74.2 cm³/mol. The summed E-state index contributed by atoms with van der Waals surface area (Å²) in [5.41, 5.74) is 0. The fourth-order valence-corrected chi connectivity index (χ4v) is 3.00. The Bertz CT molecular complexity index is 172. The minimum atomic E-state index is 0.349. The van der Waals surface area contributed by atoms with Crippen molar-refractivity contribution in [3.8, 4) is 0 Å². The van der Waals surface area contributed by atoms with Crippen molar-refractivity contribution in [1.82, 2.24) is 5.32 Å². The van der Waals surface area contributed by atoms with Gasteiger partial charge in [-0.1, -0.05) is 32.6 Å². The Hall–Kier alpha value is -0.0800. The molecule has 2 heteroatoms. The van der Waals surface area contributed by atoms with Crippen LogP contribution in [0.2, 0.25) is 0 Å². The molecule has 0 heterocycles. The zero-order chi connectivity index (χ0) is 12.3. The third kappa shape index (κ3) is 7.05. The van der Waals surface area contributed by atoms with Crippen LogP contribution in [0.1, 0.15) is 71.1 Å². The van der Waals surface area contributed by atoms with Gasteiger partial charge in [-0.3, -0.25) is 0 Å². The lowest BCUT2D eigenvalue weighted by molar-refractivity contribution is 0.282. The van der Waals surface area contributed by atoms with Crippen molar-refractivity contribution >= 4 is 0 Å². The molecule has 2 atom stereocenters. The number of aliphatic hydroxyl groups is 1. The van der Waals surface area contributed by atoms with Crippen molar-refractivity contribution in [2.45, 2.75) is 77.2 Å². The van der Waals surface area contributed by atoms with E-state index in [2.05, 4.69) is 12.2 Å². The molecule has 0 aliphatic heterocycles. The summed E-state index contributed by atoms with van der Waals surface area (Å²) in [5.74, 6) is 1.00. The number of rotatable bonds is 8. The van der Waals surface area contributed by atoms with Crippen LogP contribution in [0.5, 0.6) is 0 Å². The summed E-state index contributed by atoms with van der Waals surface area (Å²) in [4.78, 5) is 0. The molecule has 2 nitrogen and oxygen atoms in total. The molecular weight excluding hydrogens is 210 g/mol. The monoisotopic (exact) mass is 241 g/mol. The van der Waals surface area contributed by atoms with Gasteiger partial charge in [0.15, 0.2) is 0 Å². The first kappa shape index (κ1) is 15.0. The van der Waals surface area contributed by atoms with Gasteiger partial charge in [0, 0.05) is 12.6 Å². The van der Waals surface area contributed by atoms with Gasteiger partial charge in [0.05, 0.1) is 0 Å². The molecule has 0 aromatic carbocycles. The maximum Gasteiger partial charge on any atom is 0.0431 e. The molecule has 0 bridgehead atoms. The predicted octanol–water partition coefficient (Wildman–Crippen LogP) is 3.49. The molecule has 2 N–H and O–H groups in total. The van der Waals surface area contributed by atoms with Gasteiger partial charge >= 0.3 is 0 Å². The second-order valence-corrected chi connectivity index (χ2v) is 5.60. The second kappa shape index (κ2) is 9.90. The summed E-state index contributed by atoms with van der Waals surface area (Å²) in [5, 5.41) is 12.4. The minimum absolute atomic E-state index is 0.349. The highest BCUT2D eigenvalue weighted by Crippen LogP contribution is 2.26. The Balaban J connectivity index is 2.05. The quantitative estimate of drug-likeness (QED) is 0.503. The topological polar surface area (TPSA) is 32.3 Å². The number of nitrogens with one attached hydrogen (secondary N) is 1. The van der Waals surface area contributed by atoms with E-state index in [1.54, 1.807) is 0 Å². The van der Waals surface area contributed by atoms with E-state index < -0.39 is 0 Å². The van der Waals surface area contributed by atoms with Gasteiger partial charge in [0.25, 0.3) is 0 Å². The van der Waals surface area contributed by atoms with Crippen molar-refractivity contribution in [2.75, 3.05) is 13.2 Å². The molecule has 1 aliphatic carbocycles. The molecule has 1 rings (SSSR count). The van der Waals surface area contributed by atoms with Crippen LogP contribution in [-0.2, 0) is 0 Å². The lowest BCUT2D eigenvalue weighted by atomic mass is 9.95. The van der Waals surface area contributed by atoms with Crippen LogP contribution in [0.25, 0.3) is 0 Å². The number of hydrogen-bond donors (Lipinski definition) is 2. The molecule has 17 heavy (non-hydrogen) atoms. The van der Waals surface area contributed by atoms with Gasteiger partial charge in [-0.05, 0) is 51.0 Å². The van der Waals surface area contributed by atoms with Gasteiger partial charge in [0.1, 0.15) is 0 Å². The summed E-state index contributed by atoms with van der Waals surface area (Å²) < 4.78 is 0. The van der Waals surface area contributed by atoms with Gasteiger partial charge < -0.3 is 10.4 Å². The second-order valence-electron chi connectivity index (χ2n) is 5.60. The maximum atomic E-state index is 8.71. The molecule has 1 fully saturated rings. The zero-order valence-corrected chi connectivity index (χ0v) is 11.6. The van der Waals surface area contributed by atoms with Crippen molar-refractivity contribution in [3.05, 3.63) is 0 Å². The Kier molecular flexibility index (Phi) is 8.72.